The lowest BCUT2D eigenvalue weighted by atomic mass is 10.0. The fourth-order valence-electron chi connectivity index (χ4n) is 1.94. The lowest BCUT2D eigenvalue weighted by Gasteiger charge is -2.18. The molecule has 0 saturated heterocycles. The molecule has 1 aliphatic carbocycles. The molecule has 0 fully saturated rings. The van der Waals surface area contributed by atoms with E-state index in [1.54, 1.807) is 12.2 Å². The maximum atomic E-state index is 13.8. The number of phenolic OH excluding ortho intramolecular Hbond substituents is 1. The standard InChI is InChI=1S/C16H16F2O2/c1-3-10-5-6-12(17)14(8-10)20-15-9-11(4-2)7-13(18)16(15)19/h3,5,7-9,12,19H,1,4,6H2,2H3. The largest absolute Gasteiger partial charge is 0.502 e. The van der Waals surface area contributed by atoms with Gasteiger partial charge in [0.2, 0.25) is 0 Å². The first kappa shape index (κ1) is 14.3. The summed E-state index contributed by atoms with van der Waals surface area (Å²) in [5, 5.41) is 9.67. The van der Waals surface area contributed by atoms with Crippen molar-refractivity contribution in [2.75, 3.05) is 0 Å². The van der Waals surface area contributed by atoms with Gasteiger partial charge in [0.15, 0.2) is 23.5 Å². The summed E-state index contributed by atoms with van der Waals surface area (Å²) in [5.41, 5.74) is 1.40. The van der Waals surface area contributed by atoms with Gasteiger partial charge >= 0.3 is 0 Å². The molecule has 1 atom stereocenters. The van der Waals surface area contributed by atoms with Gasteiger partial charge in [0, 0.05) is 6.42 Å². The van der Waals surface area contributed by atoms with Gasteiger partial charge in [0.25, 0.3) is 0 Å². The van der Waals surface area contributed by atoms with Crippen LogP contribution in [0.2, 0.25) is 0 Å². The number of hydrogen-bond acceptors (Lipinski definition) is 2. The van der Waals surface area contributed by atoms with E-state index in [2.05, 4.69) is 6.58 Å². The van der Waals surface area contributed by atoms with Crippen molar-refractivity contribution in [3.63, 3.8) is 0 Å². The molecule has 0 amide bonds. The molecule has 1 unspecified atom stereocenters. The molecule has 2 nitrogen and oxygen atoms in total. The number of benzene rings is 1. The zero-order chi connectivity index (χ0) is 14.7. The Labute approximate surface area is 116 Å². The van der Waals surface area contributed by atoms with Gasteiger partial charge in [-0.3, -0.25) is 0 Å². The predicted octanol–water partition coefficient (Wildman–Crippen LogP) is 4.21. The average molecular weight is 278 g/mol. The molecule has 0 bridgehead atoms. The number of ether oxygens (including phenoxy) is 1. The second-order valence-electron chi connectivity index (χ2n) is 4.54. The molecule has 0 spiro atoms. The third kappa shape index (κ3) is 2.90. The summed E-state index contributed by atoms with van der Waals surface area (Å²) in [6, 6.07) is 2.75. The van der Waals surface area contributed by atoms with Crippen LogP contribution in [0.5, 0.6) is 11.5 Å². The summed E-state index contributed by atoms with van der Waals surface area (Å²) in [6.45, 7) is 5.46. The lowest BCUT2D eigenvalue weighted by molar-refractivity contribution is 0.262. The monoisotopic (exact) mass is 278 g/mol. The van der Waals surface area contributed by atoms with Crippen LogP contribution in [0.25, 0.3) is 0 Å². The lowest BCUT2D eigenvalue weighted by Crippen LogP contribution is -2.13. The van der Waals surface area contributed by atoms with Crippen molar-refractivity contribution in [3.8, 4) is 11.5 Å². The van der Waals surface area contributed by atoms with Crippen LogP contribution in [0.4, 0.5) is 8.78 Å². The van der Waals surface area contributed by atoms with Crippen LogP contribution in [0.3, 0.4) is 0 Å². The Morgan fingerprint density at radius 1 is 1.50 bits per heavy atom. The van der Waals surface area contributed by atoms with Crippen LogP contribution in [-0.2, 0) is 6.42 Å². The van der Waals surface area contributed by atoms with E-state index >= 15 is 0 Å². The van der Waals surface area contributed by atoms with Gasteiger partial charge in [-0.25, -0.2) is 8.78 Å². The van der Waals surface area contributed by atoms with Crippen molar-refractivity contribution in [2.45, 2.75) is 25.9 Å². The van der Waals surface area contributed by atoms with Gasteiger partial charge in [-0.2, -0.15) is 0 Å². The molecule has 1 aromatic carbocycles. The third-order valence-corrected chi connectivity index (χ3v) is 3.14. The Hall–Kier alpha value is -2.10. The Morgan fingerprint density at radius 2 is 2.25 bits per heavy atom. The van der Waals surface area contributed by atoms with Crippen LogP contribution in [0.1, 0.15) is 18.9 Å². The van der Waals surface area contributed by atoms with Crippen molar-refractivity contribution in [2.24, 2.45) is 0 Å². The Bertz CT molecular complexity index is 588. The molecule has 0 heterocycles. The van der Waals surface area contributed by atoms with Crippen LogP contribution in [0, 0.1) is 5.82 Å². The first-order valence-corrected chi connectivity index (χ1v) is 6.42. The normalized spacial score (nSPS) is 18.2. The Balaban J connectivity index is 2.34. The number of allylic oxidation sites excluding steroid dienone is 5. The van der Waals surface area contributed by atoms with Gasteiger partial charge in [-0.05, 0) is 35.8 Å². The number of hydrogen-bond donors (Lipinski definition) is 1. The fraction of sp³-hybridized carbons (Fsp3) is 0.250. The number of aryl methyl sites for hydroxylation is 1. The number of rotatable bonds is 4. The molecule has 0 aliphatic heterocycles. The predicted molar refractivity (Wildman–Crippen MR) is 73.9 cm³/mol. The SMILES string of the molecule is C=CC1=CCC(F)C(Oc2cc(CC)cc(F)c2O)=C1. The van der Waals surface area contributed by atoms with Gasteiger partial charge in [0.1, 0.15) is 5.76 Å². The molecule has 4 heteroatoms. The van der Waals surface area contributed by atoms with E-state index in [0.717, 1.165) is 5.57 Å². The molecule has 106 valence electrons. The van der Waals surface area contributed by atoms with E-state index in [1.165, 1.54) is 18.2 Å². The highest BCUT2D eigenvalue weighted by molar-refractivity contribution is 5.45. The molecule has 0 saturated carbocycles. The van der Waals surface area contributed by atoms with Crippen molar-refractivity contribution >= 4 is 0 Å². The minimum Gasteiger partial charge on any atom is -0.502 e. The molecule has 0 radical (unpaired) electrons. The van der Waals surface area contributed by atoms with E-state index in [4.69, 9.17) is 4.74 Å². The van der Waals surface area contributed by atoms with Crippen molar-refractivity contribution in [1.82, 2.24) is 0 Å². The highest BCUT2D eigenvalue weighted by atomic mass is 19.1. The van der Waals surface area contributed by atoms with Gasteiger partial charge < -0.3 is 9.84 Å². The minimum absolute atomic E-state index is 0.0466. The summed E-state index contributed by atoms with van der Waals surface area (Å²) in [5.74, 6) is -1.40. The quantitative estimate of drug-likeness (QED) is 0.894. The van der Waals surface area contributed by atoms with Crippen molar-refractivity contribution < 1.29 is 18.6 Å². The zero-order valence-corrected chi connectivity index (χ0v) is 11.2. The Kier molecular flexibility index (Phi) is 4.23. The summed E-state index contributed by atoms with van der Waals surface area (Å²) in [6.07, 6.45) is 4.22. The maximum absolute atomic E-state index is 13.8. The van der Waals surface area contributed by atoms with E-state index < -0.39 is 17.7 Å². The first-order valence-electron chi connectivity index (χ1n) is 6.42. The molecular formula is C16H16F2O2. The minimum atomic E-state index is -1.31. The topological polar surface area (TPSA) is 29.5 Å². The smallest absolute Gasteiger partial charge is 0.194 e. The van der Waals surface area contributed by atoms with Crippen LogP contribution >= 0.6 is 0 Å². The molecule has 1 N–H and O–H groups in total. The third-order valence-electron chi connectivity index (χ3n) is 3.14. The second kappa shape index (κ2) is 5.90. The number of halogens is 2. The fourth-order valence-corrected chi connectivity index (χ4v) is 1.94. The van der Waals surface area contributed by atoms with Crippen molar-refractivity contribution in [3.05, 3.63) is 59.7 Å². The summed E-state index contributed by atoms with van der Waals surface area (Å²) in [7, 11) is 0. The molecule has 0 aromatic heterocycles. The van der Waals surface area contributed by atoms with Crippen LogP contribution < -0.4 is 4.74 Å². The Morgan fingerprint density at radius 3 is 2.90 bits per heavy atom. The zero-order valence-electron chi connectivity index (χ0n) is 11.2. The van der Waals surface area contributed by atoms with Crippen LogP contribution in [0.15, 0.2) is 48.3 Å². The number of phenols is 1. The summed E-state index contributed by atoms with van der Waals surface area (Å²) >= 11 is 0. The van der Waals surface area contributed by atoms with E-state index in [0.29, 0.717) is 12.0 Å². The average Bonchev–Trinajstić information content (AvgIpc) is 2.45. The highest BCUT2D eigenvalue weighted by Gasteiger charge is 2.21. The van der Waals surface area contributed by atoms with Crippen LogP contribution in [-0.4, -0.2) is 11.3 Å². The van der Waals surface area contributed by atoms with Crippen molar-refractivity contribution in [1.29, 1.82) is 0 Å². The van der Waals surface area contributed by atoms with E-state index in [9.17, 15) is 13.9 Å². The molecule has 1 aliphatic rings. The van der Waals surface area contributed by atoms with Gasteiger partial charge in [-0.1, -0.05) is 25.7 Å². The number of aromatic hydroxyl groups is 1. The highest BCUT2D eigenvalue weighted by Crippen LogP contribution is 2.34. The van der Waals surface area contributed by atoms with E-state index in [1.807, 2.05) is 6.92 Å². The van der Waals surface area contributed by atoms with Gasteiger partial charge in [-0.15, -0.1) is 0 Å². The summed E-state index contributed by atoms with van der Waals surface area (Å²) in [4.78, 5) is 0. The molecule has 20 heavy (non-hydrogen) atoms. The maximum Gasteiger partial charge on any atom is 0.194 e. The molecule has 2 rings (SSSR count). The first-order chi connectivity index (χ1) is 9.55. The molecular weight excluding hydrogens is 262 g/mol. The van der Waals surface area contributed by atoms with Gasteiger partial charge in [0.05, 0.1) is 0 Å². The van der Waals surface area contributed by atoms with E-state index in [-0.39, 0.29) is 17.9 Å². The second-order valence-corrected chi connectivity index (χ2v) is 4.54. The summed E-state index contributed by atoms with van der Waals surface area (Å²) < 4.78 is 32.7. The number of alkyl halides is 1. The molecule has 1 aromatic rings.